The van der Waals surface area contributed by atoms with Crippen molar-refractivity contribution in [1.82, 2.24) is 18.7 Å². The van der Waals surface area contributed by atoms with E-state index in [4.69, 9.17) is 28.3 Å². The molecule has 1 N–H and O–H groups in total. The number of carboxylic acid groups (broad SMARTS) is 1. The number of halogens is 2. The first kappa shape index (κ1) is 20.2. The molecule has 0 amide bonds. The van der Waals surface area contributed by atoms with Crippen molar-refractivity contribution in [3.05, 3.63) is 54.6 Å². The van der Waals surface area contributed by atoms with E-state index < -0.39 is 23.8 Å². The molecule has 0 aliphatic carbocycles. The molecule has 0 radical (unpaired) electrons. The Morgan fingerprint density at radius 2 is 2.00 bits per heavy atom. The van der Waals surface area contributed by atoms with Gasteiger partial charge in [0.05, 0.1) is 18.8 Å². The Morgan fingerprint density at radius 3 is 2.67 bits per heavy atom. The minimum absolute atomic E-state index is 0.0517. The number of carbonyl (C=O) groups is 1. The Balaban J connectivity index is 1.94. The van der Waals surface area contributed by atoms with Crippen molar-refractivity contribution in [2.75, 3.05) is 11.6 Å². The van der Waals surface area contributed by atoms with E-state index in [9.17, 15) is 14.4 Å². The van der Waals surface area contributed by atoms with Crippen LogP contribution in [0.15, 0.2) is 32.9 Å². The third kappa shape index (κ3) is 3.27. The zero-order valence-electron chi connectivity index (χ0n) is 16.0. The highest BCUT2D eigenvalue weighted by molar-refractivity contribution is 6.35. The van der Waals surface area contributed by atoms with Crippen LogP contribution in [0.2, 0.25) is 10.0 Å². The van der Waals surface area contributed by atoms with Gasteiger partial charge in [0, 0.05) is 17.1 Å². The predicted octanol–water partition coefficient (Wildman–Crippen LogP) is 1.53. The van der Waals surface area contributed by atoms with Gasteiger partial charge in [-0.15, -0.1) is 0 Å². The summed E-state index contributed by atoms with van der Waals surface area (Å²) in [6.45, 7) is 1.49. The topological polar surface area (TPSA) is 115 Å². The van der Waals surface area contributed by atoms with Crippen LogP contribution in [0, 0.1) is 0 Å². The van der Waals surface area contributed by atoms with Crippen molar-refractivity contribution in [1.29, 1.82) is 0 Å². The van der Waals surface area contributed by atoms with Gasteiger partial charge in [0.1, 0.15) is 6.54 Å². The van der Waals surface area contributed by atoms with Gasteiger partial charge < -0.3 is 5.11 Å². The Bertz CT molecular complexity index is 1350. The fourth-order valence-electron chi connectivity index (χ4n) is 3.41. The number of fused-ring (bicyclic) bond motifs is 3. The zero-order chi connectivity index (χ0) is 21.7. The molecule has 0 spiro atoms. The molecule has 0 saturated heterocycles. The standard InChI is InChI=1S/C18H16Cl2N6O4/c1-9-6-24-14-15(21-17(24)26(22-9)8-13(27)28)23(2)18(30)25(16(14)29)7-10-3-4-11(19)5-12(10)20/h3-5H,6-8H2,1-2H3,(H,27,28). The number of imidazole rings is 1. The summed E-state index contributed by atoms with van der Waals surface area (Å²) in [7, 11) is 1.50. The second-order valence-electron chi connectivity index (χ2n) is 6.93. The largest absolute Gasteiger partial charge is 0.480 e. The van der Waals surface area contributed by atoms with Crippen molar-refractivity contribution < 1.29 is 9.90 Å². The van der Waals surface area contributed by atoms with E-state index in [1.165, 1.54) is 22.7 Å². The van der Waals surface area contributed by atoms with E-state index in [2.05, 4.69) is 10.1 Å². The molecule has 0 unspecified atom stereocenters. The molecule has 30 heavy (non-hydrogen) atoms. The van der Waals surface area contributed by atoms with Crippen LogP contribution in [0.5, 0.6) is 0 Å². The molecule has 12 heteroatoms. The summed E-state index contributed by atoms with van der Waals surface area (Å²) < 4.78 is 3.89. The second-order valence-corrected chi connectivity index (χ2v) is 7.77. The number of hydrazone groups is 1. The number of aliphatic carboxylic acids is 1. The Labute approximate surface area is 179 Å². The molecule has 0 saturated carbocycles. The number of carboxylic acids is 1. The number of aryl methyl sites for hydroxylation is 1. The van der Waals surface area contributed by atoms with Crippen LogP contribution in [0.25, 0.3) is 11.2 Å². The van der Waals surface area contributed by atoms with Crippen molar-refractivity contribution >= 4 is 52.0 Å². The summed E-state index contributed by atoms with van der Waals surface area (Å²) in [6.07, 6.45) is 0. The number of rotatable bonds is 4. The molecule has 0 fully saturated rings. The second kappa shape index (κ2) is 7.29. The van der Waals surface area contributed by atoms with E-state index >= 15 is 0 Å². The summed E-state index contributed by atoms with van der Waals surface area (Å²) in [6, 6.07) is 4.82. The maximum absolute atomic E-state index is 13.3. The highest BCUT2D eigenvalue weighted by atomic mass is 35.5. The molecule has 1 aliphatic rings. The smallest absolute Gasteiger partial charge is 0.332 e. The molecule has 156 valence electrons. The summed E-state index contributed by atoms with van der Waals surface area (Å²) in [4.78, 5) is 41.7. The van der Waals surface area contributed by atoms with Crippen molar-refractivity contribution in [2.24, 2.45) is 12.1 Å². The number of nitrogens with zero attached hydrogens (tertiary/aromatic N) is 6. The van der Waals surface area contributed by atoms with Gasteiger partial charge in [-0.1, -0.05) is 29.3 Å². The van der Waals surface area contributed by atoms with Gasteiger partial charge in [-0.25, -0.2) is 9.80 Å². The lowest BCUT2D eigenvalue weighted by atomic mass is 10.2. The number of hydrogen-bond acceptors (Lipinski definition) is 6. The fraction of sp³-hybridized carbons (Fsp3) is 0.278. The highest BCUT2D eigenvalue weighted by Crippen LogP contribution is 2.24. The van der Waals surface area contributed by atoms with Crippen LogP contribution in [-0.4, -0.2) is 42.0 Å². The van der Waals surface area contributed by atoms with E-state index in [-0.39, 0.29) is 30.2 Å². The number of aromatic nitrogens is 4. The van der Waals surface area contributed by atoms with Gasteiger partial charge in [0.25, 0.3) is 5.56 Å². The molecular weight excluding hydrogens is 435 g/mol. The lowest BCUT2D eigenvalue weighted by Crippen LogP contribution is -2.40. The van der Waals surface area contributed by atoms with Crippen LogP contribution in [0.4, 0.5) is 5.95 Å². The van der Waals surface area contributed by atoms with Crippen LogP contribution in [-0.2, 0) is 24.9 Å². The van der Waals surface area contributed by atoms with Crippen molar-refractivity contribution in [3.8, 4) is 0 Å². The molecular formula is C18H16Cl2N6O4. The van der Waals surface area contributed by atoms with Crippen LogP contribution >= 0.6 is 23.2 Å². The van der Waals surface area contributed by atoms with E-state index in [1.807, 2.05) is 0 Å². The number of benzene rings is 1. The van der Waals surface area contributed by atoms with E-state index in [0.717, 1.165) is 4.57 Å². The SMILES string of the molecule is CC1=NN(CC(=O)O)c2nc3c(c(=O)n(Cc4ccc(Cl)cc4Cl)c(=O)n3C)n2C1. The molecule has 1 aromatic carbocycles. The van der Waals surface area contributed by atoms with E-state index in [0.29, 0.717) is 21.3 Å². The van der Waals surface area contributed by atoms with Gasteiger partial charge in [-0.3, -0.25) is 23.3 Å². The van der Waals surface area contributed by atoms with Crippen LogP contribution < -0.4 is 16.3 Å². The molecule has 0 atom stereocenters. The first-order valence-corrected chi connectivity index (χ1v) is 9.60. The van der Waals surface area contributed by atoms with Gasteiger partial charge in [0.15, 0.2) is 11.2 Å². The lowest BCUT2D eigenvalue weighted by Gasteiger charge is -2.23. The lowest BCUT2D eigenvalue weighted by molar-refractivity contribution is -0.135. The maximum Gasteiger partial charge on any atom is 0.332 e. The van der Waals surface area contributed by atoms with Gasteiger partial charge in [-0.05, 0) is 24.6 Å². The minimum Gasteiger partial charge on any atom is -0.480 e. The highest BCUT2D eigenvalue weighted by Gasteiger charge is 2.27. The molecule has 4 rings (SSSR count). The molecule has 10 nitrogen and oxygen atoms in total. The van der Waals surface area contributed by atoms with Crippen molar-refractivity contribution in [3.63, 3.8) is 0 Å². The number of anilines is 1. The van der Waals surface area contributed by atoms with E-state index in [1.54, 1.807) is 23.6 Å². The minimum atomic E-state index is -1.10. The average molecular weight is 451 g/mol. The normalized spacial score (nSPS) is 13.5. The third-order valence-electron chi connectivity index (χ3n) is 4.75. The summed E-state index contributed by atoms with van der Waals surface area (Å²) in [5, 5.41) is 15.4. The van der Waals surface area contributed by atoms with Crippen molar-refractivity contribution in [2.45, 2.75) is 20.0 Å². The Morgan fingerprint density at radius 1 is 1.27 bits per heavy atom. The quantitative estimate of drug-likeness (QED) is 0.644. The molecule has 0 bridgehead atoms. The monoisotopic (exact) mass is 450 g/mol. The molecule has 3 aromatic rings. The first-order chi connectivity index (χ1) is 14.2. The van der Waals surface area contributed by atoms with Gasteiger partial charge in [-0.2, -0.15) is 10.1 Å². The zero-order valence-corrected chi connectivity index (χ0v) is 17.5. The maximum atomic E-state index is 13.3. The predicted molar refractivity (Wildman–Crippen MR) is 113 cm³/mol. The summed E-state index contributed by atoms with van der Waals surface area (Å²) in [5.74, 6) is -0.914. The fourth-order valence-corrected chi connectivity index (χ4v) is 3.88. The Hall–Kier alpha value is -3.11. The van der Waals surface area contributed by atoms with Crippen LogP contribution in [0.1, 0.15) is 12.5 Å². The van der Waals surface area contributed by atoms with Gasteiger partial charge in [0.2, 0.25) is 5.95 Å². The Kier molecular flexibility index (Phi) is 4.91. The summed E-state index contributed by atoms with van der Waals surface area (Å²) in [5.41, 5.74) is 0.367. The van der Waals surface area contributed by atoms with Crippen LogP contribution in [0.3, 0.4) is 0 Å². The third-order valence-corrected chi connectivity index (χ3v) is 5.34. The molecule has 1 aliphatic heterocycles. The van der Waals surface area contributed by atoms with Gasteiger partial charge >= 0.3 is 11.7 Å². The average Bonchev–Trinajstić information content (AvgIpc) is 3.04. The molecule has 2 aromatic heterocycles. The summed E-state index contributed by atoms with van der Waals surface area (Å²) >= 11 is 12.1. The first-order valence-electron chi connectivity index (χ1n) is 8.84. The number of hydrogen-bond donors (Lipinski definition) is 1. The molecule has 3 heterocycles.